The Labute approximate surface area is 123 Å². The summed E-state index contributed by atoms with van der Waals surface area (Å²) in [5.41, 5.74) is 0.0145. The number of carboxylic acid groups (broad SMARTS) is 1. The number of hydrogen-bond acceptors (Lipinski definition) is 4. The summed E-state index contributed by atoms with van der Waals surface area (Å²) < 4.78 is 27.3. The lowest BCUT2D eigenvalue weighted by molar-refractivity contribution is 0.0697. The minimum Gasteiger partial charge on any atom is -0.478 e. The maximum atomic E-state index is 12.3. The monoisotopic (exact) mass is 317 g/mol. The second-order valence-electron chi connectivity index (χ2n) is 5.58. The van der Waals surface area contributed by atoms with E-state index >= 15 is 0 Å². The van der Waals surface area contributed by atoms with Crippen LogP contribution in [0.1, 0.15) is 43.5 Å². The molecule has 0 radical (unpaired) electrons. The second-order valence-corrected chi connectivity index (χ2v) is 8.43. The van der Waals surface area contributed by atoms with Crippen molar-refractivity contribution in [1.82, 2.24) is 4.72 Å². The summed E-state index contributed by atoms with van der Waals surface area (Å²) in [6.45, 7) is 4.24. The molecule has 1 saturated carbocycles. The molecular formula is C13H19NO4S2. The summed E-state index contributed by atoms with van der Waals surface area (Å²) >= 11 is 0.944. The van der Waals surface area contributed by atoms with E-state index < -0.39 is 16.0 Å². The van der Waals surface area contributed by atoms with Crippen LogP contribution in [0.15, 0.2) is 15.7 Å². The molecule has 112 valence electrons. The average Bonchev–Trinajstić information content (AvgIpc) is 2.83. The zero-order valence-electron chi connectivity index (χ0n) is 11.5. The van der Waals surface area contributed by atoms with Crippen LogP contribution in [0.4, 0.5) is 0 Å². The van der Waals surface area contributed by atoms with E-state index in [4.69, 9.17) is 5.11 Å². The molecule has 1 aliphatic rings. The lowest BCUT2D eigenvalue weighted by atomic mass is 9.80. The number of thiophene rings is 1. The van der Waals surface area contributed by atoms with Gasteiger partial charge in [0.25, 0.3) is 0 Å². The first-order valence-electron chi connectivity index (χ1n) is 6.63. The fourth-order valence-corrected chi connectivity index (χ4v) is 5.22. The molecule has 1 aromatic rings. The quantitative estimate of drug-likeness (QED) is 0.894. The smallest absolute Gasteiger partial charge is 0.336 e. The topological polar surface area (TPSA) is 83.5 Å². The molecule has 0 amide bonds. The molecule has 0 saturated heterocycles. The molecule has 1 aliphatic carbocycles. The summed E-state index contributed by atoms with van der Waals surface area (Å²) in [5.74, 6) is -0.180. The van der Waals surface area contributed by atoms with Gasteiger partial charge in [0.1, 0.15) is 4.21 Å². The van der Waals surface area contributed by atoms with Crippen LogP contribution in [-0.4, -0.2) is 25.5 Å². The zero-order valence-corrected chi connectivity index (χ0v) is 13.1. The van der Waals surface area contributed by atoms with Gasteiger partial charge < -0.3 is 5.11 Å². The molecule has 2 rings (SSSR count). The van der Waals surface area contributed by atoms with Crippen LogP contribution in [0.2, 0.25) is 0 Å². The van der Waals surface area contributed by atoms with Crippen molar-refractivity contribution in [2.75, 3.05) is 0 Å². The molecule has 5 nitrogen and oxygen atoms in total. The Morgan fingerprint density at radius 3 is 2.65 bits per heavy atom. The van der Waals surface area contributed by atoms with Crippen LogP contribution >= 0.6 is 11.3 Å². The third kappa shape index (κ3) is 3.39. The van der Waals surface area contributed by atoms with Crippen LogP contribution < -0.4 is 4.72 Å². The van der Waals surface area contributed by atoms with E-state index in [0.717, 1.165) is 30.6 Å². The molecule has 0 aliphatic heterocycles. The Hall–Kier alpha value is -0.920. The zero-order chi connectivity index (χ0) is 14.9. The highest BCUT2D eigenvalue weighted by atomic mass is 32.2. The summed E-state index contributed by atoms with van der Waals surface area (Å²) in [7, 11) is -3.62. The molecule has 2 N–H and O–H groups in total. The van der Waals surface area contributed by atoms with Crippen molar-refractivity contribution in [3.8, 4) is 0 Å². The third-order valence-electron chi connectivity index (χ3n) is 3.83. The van der Waals surface area contributed by atoms with Crippen molar-refractivity contribution < 1.29 is 18.3 Å². The fourth-order valence-electron chi connectivity index (χ4n) is 2.67. The summed E-state index contributed by atoms with van der Waals surface area (Å²) in [6, 6.07) is 1.15. The first-order valence-corrected chi connectivity index (χ1v) is 9.00. The number of nitrogens with one attached hydrogen (secondary N) is 1. The number of rotatable bonds is 4. The molecule has 1 heterocycles. The highest BCUT2D eigenvalue weighted by Gasteiger charge is 2.30. The van der Waals surface area contributed by atoms with Crippen molar-refractivity contribution in [3.63, 3.8) is 0 Å². The maximum absolute atomic E-state index is 12.3. The molecule has 0 spiro atoms. The number of carbonyl (C=O) groups is 1. The van der Waals surface area contributed by atoms with E-state index in [9.17, 15) is 13.2 Å². The third-order valence-corrected chi connectivity index (χ3v) is 6.75. The predicted octanol–water partition coefficient (Wildman–Crippen LogP) is 2.55. The first-order chi connectivity index (χ1) is 9.29. The summed E-state index contributed by atoms with van der Waals surface area (Å²) in [4.78, 5) is 10.8. The number of aromatic carboxylic acids is 1. The van der Waals surface area contributed by atoms with E-state index in [1.807, 2.05) is 0 Å². The Kier molecular flexibility index (Phi) is 4.51. The second kappa shape index (κ2) is 5.83. The molecule has 0 bridgehead atoms. The molecule has 0 aromatic carbocycles. The first kappa shape index (κ1) is 15.5. The van der Waals surface area contributed by atoms with E-state index in [1.165, 1.54) is 11.4 Å². The molecule has 7 heteroatoms. The molecule has 1 aromatic heterocycles. The van der Waals surface area contributed by atoms with E-state index in [2.05, 4.69) is 18.6 Å². The van der Waals surface area contributed by atoms with Gasteiger partial charge in [0.15, 0.2) is 0 Å². The van der Waals surface area contributed by atoms with Crippen LogP contribution in [0.5, 0.6) is 0 Å². The molecule has 3 atom stereocenters. The van der Waals surface area contributed by atoms with Gasteiger partial charge in [-0.2, -0.15) is 0 Å². The number of sulfonamides is 1. The van der Waals surface area contributed by atoms with Crippen molar-refractivity contribution in [2.45, 2.75) is 43.4 Å². The van der Waals surface area contributed by atoms with Crippen molar-refractivity contribution >= 4 is 27.3 Å². The Morgan fingerprint density at radius 2 is 2.10 bits per heavy atom. The highest BCUT2D eigenvalue weighted by molar-refractivity contribution is 7.91. The van der Waals surface area contributed by atoms with Crippen molar-refractivity contribution in [1.29, 1.82) is 0 Å². The summed E-state index contributed by atoms with van der Waals surface area (Å²) in [6.07, 6.45) is 2.86. The van der Waals surface area contributed by atoms with Gasteiger partial charge in [0.05, 0.1) is 5.56 Å². The van der Waals surface area contributed by atoms with Gasteiger partial charge in [0, 0.05) is 11.4 Å². The summed E-state index contributed by atoms with van der Waals surface area (Å²) in [5, 5.41) is 10.2. The van der Waals surface area contributed by atoms with E-state index in [0.29, 0.717) is 11.8 Å². The molecule has 20 heavy (non-hydrogen) atoms. The standard InChI is InChI=1S/C13H19NO4S2/c1-8-3-4-11(9(2)5-8)14-20(17,18)12-6-10(7-19-12)13(15)16/h6-9,11,14H,3-5H2,1-2H3,(H,15,16). The lowest BCUT2D eigenvalue weighted by Gasteiger charge is -2.32. The van der Waals surface area contributed by atoms with Crippen LogP contribution in [0, 0.1) is 11.8 Å². The van der Waals surface area contributed by atoms with Crippen LogP contribution in [0.25, 0.3) is 0 Å². The van der Waals surface area contributed by atoms with Gasteiger partial charge in [-0.05, 0) is 37.2 Å². The molecule has 3 unspecified atom stereocenters. The number of hydrogen-bond donors (Lipinski definition) is 2. The largest absolute Gasteiger partial charge is 0.478 e. The minimum absolute atomic E-state index is 0.0145. The maximum Gasteiger partial charge on any atom is 0.336 e. The predicted molar refractivity (Wildman–Crippen MR) is 77.6 cm³/mol. The Morgan fingerprint density at radius 1 is 1.40 bits per heavy atom. The Balaban J connectivity index is 2.12. The van der Waals surface area contributed by atoms with Gasteiger partial charge in [0.2, 0.25) is 10.0 Å². The average molecular weight is 317 g/mol. The molecular weight excluding hydrogens is 298 g/mol. The van der Waals surface area contributed by atoms with E-state index in [1.54, 1.807) is 0 Å². The highest BCUT2D eigenvalue weighted by Crippen LogP contribution is 2.30. The van der Waals surface area contributed by atoms with Gasteiger partial charge in [-0.3, -0.25) is 0 Å². The van der Waals surface area contributed by atoms with Gasteiger partial charge in [-0.15, -0.1) is 11.3 Å². The van der Waals surface area contributed by atoms with Gasteiger partial charge in [-0.25, -0.2) is 17.9 Å². The Bertz CT molecular complexity index is 593. The minimum atomic E-state index is -3.62. The lowest BCUT2D eigenvalue weighted by Crippen LogP contribution is -2.42. The fraction of sp³-hybridized carbons (Fsp3) is 0.615. The number of carboxylic acids is 1. The van der Waals surface area contributed by atoms with E-state index in [-0.39, 0.29) is 15.8 Å². The SMILES string of the molecule is CC1CCC(NS(=O)(=O)c2cc(C(=O)O)cs2)C(C)C1. The van der Waals surface area contributed by atoms with Gasteiger partial charge >= 0.3 is 5.97 Å². The normalized spacial score (nSPS) is 27.4. The van der Waals surface area contributed by atoms with Crippen molar-refractivity contribution in [3.05, 3.63) is 17.0 Å². The van der Waals surface area contributed by atoms with Crippen molar-refractivity contribution in [2.24, 2.45) is 11.8 Å². The molecule has 1 fully saturated rings. The van der Waals surface area contributed by atoms with Crippen LogP contribution in [0.3, 0.4) is 0 Å². The van der Waals surface area contributed by atoms with Crippen LogP contribution in [-0.2, 0) is 10.0 Å². The van der Waals surface area contributed by atoms with Gasteiger partial charge in [-0.1, -0.05) is 13.8 Å².